The molecule has 220 valence electrons. The Hall–Kier alpha value is -4.01. The summed E-state index contributed by atoms with van der Waals surface area (Å²) in [5, 5.41) is 16.0. The van der Waals surface area contributed by atoms with Crippen molar-refractivity contribution < 1.29 is 23.4 Å². The van der Waals surface area contributed by atoms with E-state index in [2.05, 4.69) is 10.2 Å². The minimum absolute atomic E-state index is 0.0601. The van der Waals surface area contributed by atoms with Crippen LogP contribution in [0.15, 0.2) is 72.8 Å². The topological polar surface area (TPSA) is 78.5 Å². The van der Waals surface area contributed by atoms with Gasteiger partial charge in [-0.25, -0.2) is 4.39 Å². The average Bonchev–Trinajstić information content (AvgIpc) is 3.36. The molecule has 0 bridgehead atoms. The number of aliphatic hydroxyl groups is 1. The van der Waals surface area contributed by atoms with Crippen molar-refractivity contribution in [2.24, 2.45) is 0 Å². The highest BCUT2D eigenvalue weighted by atomic mass is 35.5. The Labute approximate surface area is 249 Å². The molecular weight excluding hydrogens is 560 g/mol. The Bertz CT molecular complexity index is 1580. The minimum atomic E-state index is -0.580. The fraction of sp³-hybridized carbons (Fsp3) is 0.273. The van der Waals surface area contributed by atoms with Crippen LogP contribution in [0.3, 0.4) is 0 Å². The number of likely N-dealkylation sites (N-methyl/N-ethyl adjacent to an activating group) is 1. The minimum Gasteiger partial charge on any atom is -0.494 e. The van der Waals surface area contributed by atoms with Gasteiger partial charge in [0.2, 0.25) is 11.9 Å². The monoisotopic (exact) mass is 593 g/mol. The second-order valence-corrected chi connectivity index (χ2v) is 10.3. The maximum Gasteiger partial charge on any atom is 0.246 e. The van der Waals surface area contributed by atoms with Crippen LogP contribution in [0.5, 0.6) is 5.75 Å². The molecule has 1 amide bonds. The number of amides is 1. The number of fused-ring (bicyclic) bond motifs is 1. The summed E-state index contributed by atoms with van der Waals surface area (Å²) in [6.45, 7) is 2.78. The number of nitrogens with one attached hydrogen (secondary N) is 1. The Kier molecular flexibility index (Phi) is 10.9. The Balaban J connectivity index is 1.52. The Morgan fingerprint density at radius 1 is 1.07 bits per heavy atom. The van der Waals surface area contributed by atoms with E-state index in [1.54, 1.807) is 25.2 Å². The van der Waals surface area contributed by atoms with Crippen molar-refractivity contribution in [2.75, 3.05) is 26.8 Å². The quantitative estimate of drug-likeness (QED) is 0.0960. The molecule has 3 aromatic carbocycles. The lowest BCUT2D eigenvalue weighted by molar-refractivity contribution is -0.125. The number of carbonyl (C=O) groups excluding carboxylic acids is 1. The molecule has 42 heavy (non-hydrogen) atoms. The van der Waals surface area contributed by atoms with Crippen LogP contribution < -0.4 is 4.74 Å². The van der Waals surface area contributed by atoms with Gasteiger partial charge in [-0.1, -0.05) is 48.9 Å². The van der Waals surface area contributed by atoms with Crippen LogP contribution in [0.1, 0.15) is 49.3 Å². The van der Waals surface area contributed by atoms with Crippen molar-refractivity contribution in [3.05, 3.63) is 106 Å². The number of hydrogen-bond donors (Lipinski definition) is 2. The second kappa shape index (κ2) is 14.8. The van der Waals surface area contributed by atoms with Gasteiger partial charge >= 0.3 is 0 Å². The normalized spacial score (nSPS) is 12.1. The number of rotatable bonds is 13. The summed E-state index contributed by atoms with van der Waals surface area (Å²) in [6.07, 6.45) is 6.40. The highest BCUT2D eigenvalue weighted by molar-refractivity contribution is 6.32. The van der Waals surface area contributed by atoms with Crippen LogP contribution in [0.25, 0.3) is 22.0 Å². The SMILES string of the molecule is CC/C(=C(/c1ccc(OCCCC/C=C/C(=O)N(C)CCO)cc1)c1ccc2[nH]nc(F)c2c1)c1ccc(F)cc1Cl. The maximum absolute atomic E-state index is 14.4. The third-order valence-electron chi connectivity index (χ3n) is 6.97. The summed E-state index contributed by atoms with van der Waals surface area (Å²) in [4.78, 5) is 13.3. The summed E-state index contributed by atoms with van der Waals surface area (Å²) >= 11 is 6.49. The molecule has 4 aromatic rings. The van der Waals surface area contributed by atoms with E-state index in [0.717, 1.165) is 41.5 Å². The number of benzene rings is 3. The van der Waals surface area contributed by atoms with Crippen LogP contribution in [-0.2, 0) is 4.79 Å². The predicted molar refractivity (Wildman–Crippen MR) is 163 cm³/mol. The number of nitrogens with zero attached hydrogens (tertiary/aromatic N) is 2. The van der Waals surface area contributed by atoms with E-state index in [9.17, 15) is 13.6 Å². The predicted octanol–water partition coefficient (Wildman–Crippen LogP) is 7.42. The fourth-order valence-electron chi connectivity index (χ4n) is 4.73. The van der Waals surface area contributed by atoms with Crippen molar-refractivity contribution in [1.29, 1.82) is 0 Å². The number of hydrogen-bond acceptors (Lipinski definition) is 4. The second-order valence-electron chi connectivity index (χ2n) is 9.86. The number of ether oxygens (including phenoxy) is 1. The molecule has 1 aromatic heterocycles. The first-order chi connectivity index (χ1) is 20.3. The number of aromatic amines is 1. The summed E-state index contributed by atoms with van der Waals surface area (Å²) < 4.78 is 34.2. The zero-order valence-electron chi connectivity index (χ0n) is 23.7. The first-order valence-electron chi connectivity index (χ1n) is 13.9. The molecule has 0 aliphatic carbocycles. The van der Waals surface area contributed by atoms with Crippen molar-refractivity contribution in [3.63, 3.8) is 0 Å². The van der Waals surface area contributed by atoms with Crippen LogP contribution >= 0.6 is 11.6 Å². The van der Waals surface area contributed by atoms with E-state index in [1.807, 2.05) is 43.3 Å². The van der Waals surface area contributed by atoms with Crippen molar-refractivity contribution in [2.45, 2.75) is 32.6 Å². The largest absolute Gasteiger partial charge is 0.494 e. The molecule has 0 radical (unpaired) electrons. The number of aromatic nitrogens is 2. The van der Waals surface area contributed by atoms with Gasteiger partial charge in [0.1, 0.15) is 11.6 Å². The zero-order valence-corrected chi connectivity index (χ0v) is 24.4. The summed E-state index contributed by atoms with van der Waals surface area (Å²) in [5.74, 6) is -0.413. The average molecular weight is 594 g/mol. The number of aliphatic hydroxyl groups excluding tert-OH is 1. The lowest BCUT2D eigenvalue weighted by Gasteiger charge is -2.18. The van der Waals surface area contributed by atoms with Crippen LogP contribution in [-0.4, -0.2) is 52.9 Å². The molecule has 6 nitrogen and oxygen atoms in total. The molecule has 0 fully saturated rings. The van der Waals surface area contributed by atoms with Gasteiger partial charge in [0.05, 0.1) is 29.1 Å². The van der Waals surface area contributed by atoms with Gasteiger partial charge in [-0.2, -0.15) is 4.39 Å². The number of H-pyrrole nitrogens is 1. The third kappa shape index (κ3) is 7.63. The first kappa shape index (κ1) is 30.9. The molecule has 2 N–H and O–H groups in total. The lowest BCUT2D eigenvalue weighted by atomic mass is 9.87. The maximum atomic E-state index is 14.4. The third-order valence-corrected chi connectivity index (χ3v) is 7.28. The molecule has 0 unspecified atom stereocenters. The summed E-state index contributed by atoms with van der Waals surface area (Å²) in [6, 6.07) is 17.5. The van der Waals surface area contributed by atoms with Gasteiger partial charge in [0.25, 0.3) is 0 Å². The smallest absolute Gasteiger partial charge is 0.246 e. The Morgan fingerprint density at radius 2 is 1.83 bits per heavy atom. The molecule has 9 heteroatoms. The van der Waals surface area contributed by atoms with Crippen LogP contribution in [0, 0.1) is 11.8 Å². The van der Waals surface area contributed by atoms with E-state index in [4.69, 9.17) is 21.4 Å². The van der Waals surface area contributed by atoms with E-state index < -0.39 is 11.8 Å². The number of halogens is 3. The number of allylic oxidation sites excluding steroid dienone is 2. The zero-order chi connectivity index (χ0) is 30.1. The van der Waals surface area contributed by atoms with Crippen LogP contribution in [0.2, 0.25) is 5.02 Å². The molecule has 1 heterocycles. The van der Waals surface area contributed by atoms with Gasteiger partial charge in [-0.3, -0.25) is 9.89 Å². The molecule has 4 rings (SSSR count). The lowest BCUT2D eigenvalue weighted by Crippen LogP contribution is -2.27. The van der Waals surface area contributed by atoms with Gasteiger partial charge in [0.15, 0.2) is 0 Å². The molecule has 0 aliphatic heterocycles. The van der Waals surface area contributed by atoms with E-state index >= 15 is 0 Å². The molecule has 0 saturated heterocycles. The van der Waals surface area contributed by atoms with Gasteiger partial charge in [0, 0.05) is 13.6 Å². The molecule has 0 aliphatic rings. The van der Waals surface area contributed by atoms with Crippen LogP contribution in [0.4, 0.5) is 8.78 Å². The van der Waals surface area contributed by atoms with Crippen molar-refractivity contribution >= 4 is 39.6 Å². The standard InChI is InChI=1S/C33H34ClF2N3O3/c1-3-26(27-15-12-24(35)21-29(27)34)32(23-11-16-30-28(20-23)33(36)38-37-30)22-9-13-25(14-10-22)42-19-7-5-4-6-8-31(41)39(2)17-18-40/h6,8-16,20-21,40H,3-5,7,17-19H2,1-2H3,(H,37,38)/b8-6+,32-26+. The molecule has 0 saturated carbocycles. The summed E-state index contributed by atoms with van der Waals surface area (Å²) in [5.41, 5.74) is 4.71. The van der Waals surface area contributed by atoms with Gasteiger partial charge in [-0.15, -0.1) is 5.10 Å². The van der Waals surface area contributed by atoms with Crippen molar-refractivity contribution in [1.82, 2.24) is 15.1 Å². The summed E-state index contributed by atoms with van der Waals surface area (Å²) in [7, 11) is 1.65. The first-order valence-corrected chi connectivity index (χ1v) is 14.3. The number of carbonyl (C=O) groups is 1. The van der Waals surface area contributed by atoms with Gasteiger partial charge < -0.3 is 14.7 Å². The van der Waals surface area contributed by atoms with Gasteiger partial charge in [-0.05, 0) is 96.0 Å². The highest BCUT2D eigenvalue weighted by Gasteiger charge is 2.17. The Morgan fingerprint density at radius 3 is 2.55 bits per heavy atom. The van der Waals surface area contributed by atoms with Crippen molar-refractivity contribution in [3.8, 4) is 5.75 Å². The van der Waals surface area contributed by atoms with E-state index in [1.165, 1.54) is 23.1 Å². The highest BCUT2D eigenvalue weighted by Crippen LogP contribution is 2.38. The molecular formula is C33H34ClF2N3O3. The fourth-order valence-corrected chi connectivity index (χ4v) is 5.01. The van der Waals surface area contributed by atoms with E-state index in [0.29, 0.717) is 46.8 Å². The molecule has 0 spiro atoms. The van der Waals surface area contributed by atoms with E-state index in [-0.39, 0.29) is 12.5 Å². The number of unbranched alkanes of at least 4 members (excludes halogenated alkanes) is 2. The molecule has 0 atom stereocenters.